The molecule has 5 nitrogen and oxygen atoms in total. The van der Waals surface area contributed by atoms with Crippen molar-refractivity contribution in [2.24, 2.45) is 0 Å². The van der Waals surface area contributed by atoms with Gasteiger partial charge in [-0.1, -0.05) is 18.5 Å². The summed E-state index contributed by atoms with van der Waals surface area (Å²) in [5, 5.41) is 0.379. The van der Waals surface area contributed by atoms with E-state index in [-0.39, 0.29) is 5.03 Å². The van der Waals surface area contributed by atoms with Crippen LogP contribution in [0.25, 0.3) is 0 Å². The van der Waals surface area contributed by atoms with Crippen LogP contribution in [0.1, 0.15) is 18.3 Å². The van der Waals surface area contributed by atoms with Crippen LogP contribution >= 0.6 is 22.3 Å². The zero-order chi connectivity index (χ0) is 14.0. The van der Waals surface area contributed by atoms with E-state index < -0.39 is 9.05 Å². The van der Waals surface area contributed by atoms with Crippen molar-refractivity contribution in [1.29, 1.82) is 0 Å². The van der Waals surface area contributed by atoms with E-state index in [0.29, 0.717) is 23.8 Å². The van der Waals surface area contributed by atoms with E-state index in [1.807, 2.05) is 6.92 Å². The summed E-state index contributed by atoms with van der Waals surface area (Å²) in [7, 11) is 1.47. The Morgan fingerprint density at radius 1 is 1.42 bits per heavy atom. The van der Waals surface area contributed by atoms with Crippen LogP contribution in [0.2, 0.25) is 5.02 Å². The number of aryl methyl sites for hydroxylation is 1. The summed E-state index contributed by atoms with van der Waals surface area (Å²) in [5.41, 5.74) is 0.835. The van der Waals surface area contributed by atoms with Crippen molar-refractivity contribution < 1.29 is 8.42 Å². The Hall–Kier alpha value is -1.11. The lowest BCUT2D eigenvalue weighted by Gasteiger charge is -2.07. The SMILES string of the molecule is CCc1nc(S(=O)(=O)Cl)cn1Cc1ccncc1Cl. The lowest BCUT2D eigenvalue weighted by molar-refractivity contribution is 0.606. The fraction of sp³-hybridized carbons (Fsp3) is 0.273. The highest BCUT2D eigenvalue weighted by atomic mass is 35.7. The number of imidazole rings is 1. The lowest BCUT2D eigenvalue weighted by atomic mass is 10.2. The predicted octanol–water partition coefficient (Wildman–Crippen LogP) is 2.47. The maximum Gasteiger partial charge on any atom is 0.280 e. The van der Waals surface area contributed by atoms with Crippen LogP contribution in [-0.2, 0) is 22.0 Å². The summed E-state index contributed by atoms with van der Waals surface area (Å²) in [6.45, 7) is 2.31. The van der Waals surface area contributed by atoms with Crippen LogP contribution in [0.3, 0.4) is 0 Å². The molecule has 0 amide bonds. The fourth-order valence-electron chi connectivity index (χ4n) is 1.68. The highest BCUT2D eigenvalue weighted by molar-refractivity contribution is 8.13. The highest BCUT2D eigenvalue weighted by Gasteiger charge is 2.17. The third-order valence-electron chi connectivity index (χ3n) is 2.60. The first kappa shape index (κ1) is 14.3. The molecule has 2 aromatic heterocycles. The molecule has 0 saturated carbocycles. The van der Waals surface area contributed by atoms with Gasteiger partial charge in [-0.15, -0.1) is 0 Å². The number of rotatable bonds is 4. The number of hydrogen-bond donors (Lipinski definition) is 0. The number of nitrogens with zero attached hydrogens (tertiary/aromatic N) is 3. The maximum absolute atomic E-state index is 11.3. The van der Waals surface area contributed by atoms with E-state index in [4.69, 9.17) is 22.3 Å². The highest BCUT2D eigenvalue weighted by Crippen LogP contribution is 2.19. The van der Waals surface area contributed by atoms with Gasteiger partial charge in [0.25, 0.3) is 9.05 Å². The van der Waals surface area contributed by atoms with Gasteiger partial charge in [-0.3, -0.25) is 4.98 Å². The van der Waals surface area contributed by atoms with Crippen LogP contribution in [0, 0.1) is 0 Å². The Kier molecular flexibility index (Phi) is 4.13. The third kappa shape index (κ3) is 3.26. The van der Waals surface area contributed by atoms with Gasteiger partial charge in [0.05, 0.1) is 11.6 Å². The molecule has 2 rings (SSSR count). The average Bonchev–Trinajstić information content (AvgIpc) is 2.75. The Morgan fingerprint density at radius 2 is 2.16 bits per heavy atom. The summed E-state index contributed by atoms with van der Waals surface area (Å²) in [4.78, 5) is 7.91. The van der Waals surface area contributed by atoms with Crippen molar-refractivity contribution in [2.45, 2.75) is 24.9 Å². The van der Waals surface area contributed by atoms with Gasteiger partial charge in [0.15, 0.2) is 5.03 Å². The lowest BCUT2D eigenvalue weighted by Crippen LogP contribution is -2.03. The van der Waals surface area contributed by atoms with Crippen molar-refractivity contribution in [3.63, 3.8) is 0 Å². The van der Waals surface area contributed by atoms with Gasteiger partial charge in [0.1, 0.15) is 5.82 Å². The topological polar surface area (TPSA) is 64.8 Å². The van der Waals surface area contributed by atoms with Crippen LogP contribution in [0.15, 0.2) is 29.7 Å². The molecular weight excluding hydrogens is 309 g/mol. The number of hydrogen-bond acceptors (Lipinski definition) is 4. The average molecular weight is 320 g/mol. The molecule has 0 aliphatic carbocycles. The monoisotopic (exact) mass is 319 g/mol. The summed E-state index contributed by atoms with van der Waals surface area (Å²) < 4.78 is 24.3. The molecule has 0 saturated heterocycles. The van der Waals surface area contributed by atoms with Crippen LogP contribution in [0.4, 0.5) is 0 Å². The second-order valence-corrected chi connectivity index (χ2v) is 6.80. The van der Waals surface area contributed by atoms with Gasteiger partial charge in [-0.2, -0.15) is 0 Å². The molecule has 0 aliphatic rings. The molecule has 0 atom stereocenters. The number of pyridine rings is 1. The van der Waals surface area contributed by atoms with Gasteiger partial charge in [0.2, 0.25) is 0 Å². The van der Waals surface area contributed by atoms with Crippen molar-refractivity contribution in [1.82, 2.24) is 14.5 Å². The quantitative estimate of drug-likeness (QED) is 0.812. The van der Waals surface area contributed by atoms with Gasteiger partial charge in [-0.05, 0) is 11.6 Å². The first-order chi connectivity index (χ1) is 8.91. The van der Waals surface area contributed by atoms with Crippen molar-refractivity contribution in [3.05, 3.63) is 41.1 Å². The van der Waals surface area contributed by atoms with E-state index in [0.717, 1.165) is 5.56 Å². The van der Waals surface area contributed by atoms with E-state index in [2.05, 4.69) is 9.97 Å². The number of aromatic nitrogens is 3. The summed E-state index contributed by atoms with van der Waals surface area (Å²) in [6, 6.07) is 1.77. The minimum absolute atomic E-state index is 0.142. The van der Waals surface area contributed by atoms with E-state index >= 15 is 0 Å². The second-order valence-electron chi connectivity index (χ2n) is 3.88. The summed E-state index contributed by atoms with van der Waals surface area (Å²) >= 11 is 6.03. The number of halogens is 2. The molecular formula is C11H11Cl2N3O2S. The molecule has 0 bridgehead atoms. The largest absolute Gasteiger partial charge is 0.329 e. The first-order valence-corrected chi connectivity index (χ1v) is 8.19. The first-order valence-electron chi connectivity index (χ1n) is 5.51. The Balaban J connectivity index is 2.40. The molecule has 0 radical (unpaired) electrons. The molecule has 0 aliphatic heterocycles. The molecule has 8 heteroatoms. The molecule has 0 fully saturated rings. The summed E-state index contributed by atoms with van der Waals surface area (Å²) in [6.07, 6.45) is 5.18. The second kappa shape index (κ2) is 5.48. The molecule has 102 valence electrons. The minimum atomic E-state index is -3.82. The molecule has 0 aromatic carbocycles. The molecule has 0 N–H and O–H groups in total. The van der Waals surface area contributed by atoms with E-state index in [1.54, 1.807) is 23.0 Å². The molecule has 19 heavy (non-hydrogen) atoms. The van der Waals surface area contributed by atoms with Crippen LogP contribution in [0.5, 0.6) is 0 Å². The van der Waals surface area contributed by atoms with Crippen LogP contribution < -0.4 is 0 Å². The smallest absolute Gasteiger partial charge is 0.280 e. The maximum atomic E-state index is 11.3. The molecule has 2 aromatic rings. The van der Waals surface area contributed by atoms with Crippen molar-refractivity contribution in [2.75, 3.05) is 0 Å². The zero-order valence-electron chi connectivity index (χ0n) is 10.0. The van der Waals surface area contributed by atoms with E-state index in [1.165, 1.54) is 6.20 Å². The standard InChI is InChI=1S/C11H11Cl2N3O2S/c1-2-10-15-11(19(13,17)18)7-16(10)6-8-3-4-14-5-9(8)12/h3-5,7H,2,6H2,1H3. The van der Waals surface area contributed by atoms with Crippen LogP contribution in [-0.4, -0.2) is 23.0 Å². The molecule has 0 unspecified atom stereocenters. The third-order valence-corrected chi connectivity index (χ3v) is 4.11. The van der Waals surface area contributed by atoms with E-state index in [9.17, 15) is 8.42 Å². The Labute approximate surface area is 120 Å². The van der Waals surface area contributed by atoms with Crippen molar-refractivity contribution in [3.8, 4) is 0 Å². The Morgan fingerprint density at radius 3 is 2.74 bits per heavy atom. The fourth-order valence-corrected chi connectivity index (χ4v) is 2.55. The van der Waals surface area contributed by atoms with Gasteiger partial charge >= 0.3 is 0 Å². The normalized spacial score (nSPS) is 11.7. The van der Waals surface area contributed by atoms with Crippen molar-refractivity contribution >= 4 is 31.3 Å². The predicted molar refractivity (Wildman–Crippen MR) is 73.0 cm³/mol. The summed E-state index contributed by atoms with van der Waals surface area (Å²) in [5.74, 6) is 0.632. The van der Waals surface area contributed by atoms with Gasteiger partial charge < -0.3 is 4.57 Å². The van der Waals surface area contributed by atoms with Gasteiger partial charge in [-0.25, -0.2) is 13.4 Å². The van der Waals surface area contributed by atoms with Gasteiger partial charge in [0, 0.05) is 35.7 Å². The zero-order valence-corrected chi connectivity index (χ0v) is 12.4. The Bertz CT molecular complexity index is 698. The molecule has 2 heterocycles. The minimum Gasteiger partial charge on any atom is -0.329 e. The molecule has 0 spiro atoms.